The van der Waals surface area contributed by atoms with Crippen molar-refractivity contribution in [2.75, 3.05) is 58.7 Å². The molecule has 33 heavy (non-hydrogen) atoms. The molecular weight excluding hydrogens is 430 g/mol. The normalized spacial score (nSPS) is 11.2. The number of benzene rings is 1. The molecule has 0 atom stereocenters. The van der Waals surface area contributed by atoms with Crippen molar-refractivity contribution in [3.8, 4) is 0 Å². The molecule has 0 spiro atoms. The quantitative estimate of drug-likeness (QED) is 0.260. The summed E-state index contributed by atoms with van der Waals surface area (Å²) in [4.78, 5) is 27.1. The molecule has 0 aliphatic carbocycles. The van der Waals surface area contributed by atoms with Crippen LogP contribution < -0.4 is 5.32 Å². The zero-order valence-corrected chi connectivity index (χ0v) is 18.8. The van der Waals surface area contributed by atoms with Crippen LogP contribution >= 0.6 is 0 Å². The number of anilines is 1. The van der Waals surface area contributed by atoms with Crippen molar-refractivity contribution in [3.05, 3.63) is 41.7 Å². The predicted molar refractivity (Wildman–Crippen MR) is 121 cm³/mol. The molecule has 3 rings (SSSR count). The lowest BCUT2D eigenvalue weighted by Crippen LogP contribution is -2.13. The highest BCUT2D eigenvalue weighted by Gasteiger charge is 2.13. The van der Waals surface area contributed by atoms with E-state index in [4.69, 9.17) is 18.9 Å². The van der Waals surface area contributed by atoms with Gasteiger partial charge in [0.25, 0.3) is 5.91 Å². The number of nitrogens with zero attached hydrogens (tertiary/aromatic N) is 3. The number of methoxy groups -OCH3 is 1. The maximum absolute atomic E-state index is 12.5. The van der Waals surface area contributed by atoms with Crippen molar-refractivity contribution in [1.82, 2.24) is 20.0 Å². The Morgan fingerprint density at radius 1 is 1.00 bits per heavy atom. The third kappa shape index (κ3) is 7.75. The van der Waals surface area contributed by atoms with E-state index in [0.717, 1.165) is 10.9 Å². The van der Waals surface area contributed by atoms with E-state index in [-0.39, 0.29) is 17.4 Å². The number of rotatable bonds is 15. The highest BCUT2D eigenvalue weighted by molar-refractivity contribution is 6.04. The fourth-order valence-corrected chi connectivity index (χ4v) is 2.96. The summed E-state index contributed by atoms with van der Waals surface area (Å²) in [6.45, 7) is 5.45. The van der Waals surface area contributed by atoms with Gasteiger partial charge < -0.3 is 29.2 Å². The standard InChI is InChI=1S/C22H29N5O6/c1-16(28)17-3-4-19-18(13-17)14-21(23-19)24-22(29)20-15-27(26-25-20)5-6-31-9-10-33-12-11-32-8-7-30-2/h3-4,13-15,23H,5-12H2,1-2H3,(H,24,29). The van der Waals surface area contributed by atoms with Gasteiger partial charge >= 0.3 is 0 Å². The number of carbonyl (C=O) groups is 2. The van der Waals surface area contributed by atoms with Gasteiger partial charge in [-0.2, -0.15) is 0 Å². The molecule has 0 saturated carbocycles. The molecule has 0 unspecified atom stereocenters. The van der Waals surface area contributed by atoms with Crippen molar-refractivity contribution in [2.24, 2.45) is 0 Å². The molecular formula is C22H29N5O6. The fraction of sp³-hybridized carbons (Fsp3) is 0.455. The van der Waals surface area contributed by atoms with Gasteiger partial charge in [-0.15, -0.1) is 5.10 Å². The first-order valence-corrected chi connectivity index (χ1v) is 10.6. The molecule has 0 aliphatic rings. The number of ether oxygens (including phenoxy) is 4. The fourth-order valence-electron chi connectivity index (χ4n) is 2.96. The van der Waals surface area contributed by atoms with E-state index in [9.17, 15) is 9.59 Å². The molecule has 0 aliphatic heterocycles. The number of Topliss-reactive ketones (excluding diaryl/α,β-unsaturated/α-hetero) is 1. The molecule has 0 radical (unpaired) electrons. The second-order valence-electron chi connectivity index (χ2n) is 7.19. The summed E-state index contributed by atoms with van der Waals surface area (Å²) in [5, 5.41) is 11.5. The van der Waals surface area contributed by atoms with Gasteiger partial charge in [0.2, 0.25) is 0 Å². The number of H-pyrrole nitrogens is 1. The number of amides is 1. The number of ketones is 1. The lowest BCUT2D eigenvalue weighted by molar-refractivity contribution is 0.00244. The van der Waals surface area contributed by atoms with Crippen molar-refractivity contribution < 1.29 is 28.5 Å². The topological polar surface area (TPSA) is 130 Å². The Hall–Kier alpha value is -3.12. The summed E-state index contributed by atoms with van der Waals surface area (Å²) in [6, 6.07) is 7.10. The summed E-state index contributed by atoms with van der Waals surface area (Å²) in [5.74, 6) is 0.111. The number of hydrogen-bond acceptors (Lipinski definition) is 8. The predicted octanol–water partition coefficient (Wildman–Crippen LogP) is 1.91. The third-order valence-electron chi connectivity index (χ3n) is 4.69. The third-order valence-corrected chi connectivity index (χ3v) is 4.69. The first-order valence-electron chi connectivity index (χ1n) is 10.6. The Morgan fingerprint density at radius 2 is 1.70 bits per heavy atom. The number of hydrogen-bond donors (Lipinski definition) is 2. The van der Waals surface area contributed by atoms with E-state index >= 15 is 0 Å². The highest BCUT2D eigenvalue weighted by atomic mass is 16.6. The van der Waals surface area contributed by atoms with Gasteiger partial charge in [0, 0.05) is 23.6 Å². The zero-order valence-electron chi connectivity index (χ0n) is 18.8. The van der Waals surface area contributed by atoms with Crippen LogP contribution in [0.3, 0.4) is 0 Å². The Morgan fingerprint density at radius 3 is 2.39 bits per heavy atom. The minimum atomic E-state index is -0.387. The molecule has 2 heterocycles. The van der Waals surface area contributed by atoms with E-state index < -0.39 is 0 Å². The largest absolute Gasteiger partial charge is 0.382 e. The van der Waals surface area contributed by atoms with Gasteiger partial charge in [-0.05, 0) is 31.2 Å². The van der Waals surface area contributed by atoms with Crippen LogP contribution in [0.1, 0.15) is 27.8 Å². The first kappa shape index (κ1) is 24.5. The van der Waals surface area contributed by atoms with Gasteiger partial charge in [0.1, 0.15) is 5.82 Å². The van der Waals surface area contributed by atoms with E-state index in [1.807, 2.05) is 0 Å². The summed E-state index contributed by atoms with van der Waals surface area (Å²) in [7, 11) is 1.63. The van der Waals surface area contributed by atoms with Crippen LogP contribution in [0.15, 0.2) is 30.5 Å². The second-order valence-corrected chi connectivity index (χ2v) is 7.19. The maximum atomic E-state index is 12.5. The molecule has 178 valence electrons. The molecule has 11 nitrogen and oxygen atoms in total. The summed E-state index contributed by atoms with van der Waals surface area (Å²) >= 11 is 0. The molecule has 2 N–H and O–H groups in total. The van der Waals surface area contributed by atoms with E-state index in [1.54, 1.807) is 42.3 Å². The second kappa shape index (κ2) is 12.8. The Balaban J connectivity index is 1.35. The average Bonchev–Trinajstić information content (AvgIpc) is 3.43. The van der Waals surface area contributed by atoms with Crippen LogP contribution in [0, 0.1) is 0 Å². The average molecular weight is 460 g/mol. The monoisotopic (exact) mass is 459 g/mol. The number of aromatic amines is 1. The molecule has 1 amide bonds. The van der Waals surface area contributed by atoms with Crippen LogP contribution in [0.2, 0.25) is 0 Å². The Kier molecular flexibility index (Phi) is 9.51. The Bertz CT molecular complexity index is 1050. The number of aromatic nitrogens is 4. The highest BCUT2D eigenvalue weighted by Crippen LogP contribution is 2.20. The lowest BCUT2D eigenvalue weighted by atomic mass is 10.1. The minimum absolute atomic E-state index is 0.0138. The van der Waals surface area contributed by atoms with E-state index in [0.29, 0.717) is 64.2 Å². The van der Waals surface area contributed by atoms with Crippen molar-refractivity contribution in [2.45, 2.75) is 13.5 Å². The van der Waals surface area contributed by atoms with Crippen LogP contribution in [-0.4, -0.2) is 85.0 Å². The molecule has 0 fully saturated rings. The minimum Gasteiger partial charge on any atom is -0.382 e. The summed E-state index contributed by atoms with van der Waals surface area (Å²) < 4.78 is 22.6. The van der Waals surface area contributed by atoms with Crippen LogP contribution in [0.25, 0.3) is 10.9 Å². The SMILES string of the molecule is COCCOCCOCCOCCn1cc(C(=O)Nc2cc3cc(C(C)=O)ccc3[nH]2)nn1. The van der Waals surface area contributed by atoms with Crippen LogP contribution in [0.4, 0.5) is 5.82 Å². The smallest absolute Gasteiger partial charge is 0.278 e. The van der Waals surface area contributed by atoms with Gasteiger partial charge in [-0.25, -0.2) is 4.68 Å². The molecule has 2 aromatic heterocycles. The van der Waals surface area contributed by atoms with Crippen LogP contribution in [-0.2, 0) is 25.5 Å². The number of nitrogens with one attached hydrogen (secondary N) is 2. The van der Waals surface area contributed by atoms with E-state index in [1.165, 1.54) is 6.92 Å². The summed E-state index contributed by atoms with van der Waals surface area (Å²) in [5.41, 5.74) is 1.62. The molecule has 11 heteroatoms. The van der Waals surface area contributed by atoms with Crippen molar-refractivity contribution >= 4 is 28.4 Å². The first-order chi connectivity index (χ1) is 16.1. The molecule has 0 bridgehead atoms. The van der Waals surface area contributed by atoms with Crippen molar-refractivity contribution in [3.63, 3.8) is 0 Å². The Labute approximate surface area is 191 Å². The van der Waals surface area contributed by atoms with Crippen LogP contribution in [0.5, 0.6) is 0 Å². The zero-order chi connectivity index (χ0) is 23.5. The van der Waals surface area contributed by atoms with Gasteiger partial charge in [-0.1, -0.05) is 5.21 Å². The van der Waals surface area contributed by atoms with Gasteiger partial charge in [0.15, 0.2) is 11.5 Å². The number of carbonyl (C=O) groups excluding carboxylic acids is 2. The number of fused-ring (bicyclic) bond motifs is 1. The van der Waals surface area contributed by atoms with E-state index in [2.05, 4.69) is 20.6 Å². The lowest BCUT2D eigenvalue weighted by Gasteiger charge is -2.06. The molecule has 1 aromatic carbocycles. The van der Waals surface area contributed by atoms with Crippen molar-refractivity contribution in [1.29, 1.82) is 0 Å². The maximum Gasteiger partial charge on any atom is 0.278 e. The molecule has 3 aromatic rings. The van der Waals surface area contributed by atoms with Gasteiger partial charge in [0.05, 0.1) is 59.0 Å². The molecule has 0 saturated heterocycles. The summed E-state index contributed by atoms with van der Waals surface area (Å²) in [6.07, 6.45) is 1.56. The van der Waals surface area contributed by atoms with Gasteiger partial charge in [-0.3, -0.25) is 9.59 Å².